The van der Waals surface area contributed by atoms with Crippen LogP contribution in [-0.2, 0) is 0 Å². The molecular formula is C16H32N2. The van der Waals surface area contributed by atoms with Gasteiger partial charge in [-0.25, -0.2) is 0 Å². The zero-order valence-corrected chi connectivity index (χ0v) is 12.7. The van der Waals surface area contributed by atoms with Crippen LogP contribution in [0.1, 0.15) is 59.3 Å². The molecular weight excluding hydrogens is 220 g/mol. The number of hydrogen-bond donors (Lipinski definition) is 1. The maximum atomic E-state index is 3.58. The van der Waals surface area contributed by atoms with E-state index in [0.717, 1.165) is 0 Å². The van der Waals surface area contributed by atoms with Crippen LogP contribution in [0.2, 0.25) is 0 Å². The van der Waals surface area contributed by atoms with Crippen molar-refractivity contribution in [2.24, 2.45) is 10.8 Å². The molecule has 2 aliphatic rings. The van der Waals surface area contributed by atoms with E-state index in [2.05, 4.69) is 31.0 Å². The highest BCUT2D eigenvalue weighted by Gasteiger charge is 2.34. The molecule has 1 N–H and O–H groups in total. The van der Waals surface area contributed by atoms with Crippen molar-refractivity contribution in [3.63, 3.8) is 0 Å². The fourth-order valence-electron chi connectivity index (χ4n) is 3.94. The third kappa shape index (κ3) is 3.27. The molecule has 0 aromatic rings. The number of nitrogens with one attached hydrogen (secondary N) is 1. The van der Waals surface area contributed by atoms with Gasteiger partial charge in [0.2, 0.25) is 0 Å². The molecule has 0 aromatic heterocycles. The topological polar surface area (TPSA) is 15.3 Å². The van der Waals surface area contributed by atoms with Crippen LogP contribution in [0.4, 0.5) is 0 Å². The summed E-state index contributed by atoms with van der Waals surface area (Å²) in [5, 5.41) is 3.58. The lowest BCUT2D eigenvalue weighted by Gasteiger charge is -2.45. The van der Waals surface area contributed by atoms with Crippen LogP contribution < -0.4 is 5.32 Å². The highest BCUT2D eigenvalue weighted by molar-refractivity contribution is 4.89. The molecule has 0 radical (unpaired) electrons. The van der Waals surface area contributed by atoms with Crippen molar-refractivity contribution in [2.45, 2.75) is 59.3 Å². The summed E-state index contributed by atoms with van der Waals surface area (Å²) in [5.74, 6) is 0. The number of rotatable bonds is 4. The minimum Gasteiger partial charge on any atom is -0.316 e. The highest BCUT2D eigenvalue weighted by atomic mass is 15.1. The van der Waals surface area contributed by atoms with Crippen molar-refractivity contribution < 1.29 is 0 Å². The first-order valence-corrected chi connectivity index (χ1v) is 8.04. The first-order chi connectivity index (χ1) is 8.61. The highest BCUT2D eigenvalue weighted by Crippen LogP contribution is 2.39. The van der Waals surface area contributed by atoms with E-state index < -0.39 is 0 Å². The summed E-state index contributed by atoms with van der Waals surface area (Å²) >= 11 is 0. The number of piperidine rings is 2. The molecule has 2 saturated heterocycles. The molecule has 18 heavy (non-hydrogen) atoms. The van der Waals surface area contributed by atoms with Crippen molar-refractivity contribution >= 4 is 0 Å². The van der Waals surface area contributed by atoms with E-state index in [1.54, 1.807) is 0 Å². The molecule has 0 amide bonds. The maximum Gasteiger partial charge on any atom is 0.00475 e. The van der Waals surface area contributed by atoms with E-state index in [-0.39, 0.29) is 0 Å². The Morgan fingerprint density at radius 1 is 1.06 bits per heavy atom. The van der Waals surface area contributed by atoms with E-state index in [4.69, 9.17) is 0 Å². The SMILES string of the molecule is CCC1(CC)CCN(CC2(C)CCCNC2)CC1. The Labute approximate surface area is 114 Å². The van der Waals surface area contributed by atoms with Gasteiger partial charge < -0.3 is 10.2 Å². The largest absolute Gasteiger partial charge is 0.316 e. The molecule has 1 atom stereocenters. The molecule has 0 aliphatic carbocycles. The van der Waals surface area contributed by atoms with Crippen LogP contribution in [0.25, 0.3) is 0 Å². The average Bonchev–Trinajstić information content (AvgIpc) is 2.40. The standard InChI is InChI=1S/C16H32N2/c1-4-16(5-2)8-11-18(12-9-16)14-15(3)7-6-10-17-13-15/h17H,4-14H2,1-3H3. The minimum absolute atomic E-state index is 0.524. The summed E-state index contributed by atoms with van der Waals surface area (Å²) in [5.41, 5.74) is 1.19. The van der Waals surface area contributed by atoms with Gasteiger partial charge >= 0.3 is 0 Å². The van der Waals surface area contributed by atoms with Gasteiger partial charge in [0, 0.05) is 13.1 Å². The summed E-state index contributed by atoms with van der Waals surface area (Å²) in [6.45, 7) is 13.6. The maximum absolute atomic E-state index is 3.58. The lowest BCUT2D eigenvalue weighted by atomic mass is 9.73. The van der Waals surface area contributed by atoms with Crippen LogP contribution >= 0.6 is 0 Å². The predicted octanol–water partition coefficient (Wildman–Crippen LogP) is 3.28. The van der Waals surface area contributed by atoms with Gasteiger partial charge in [-0.05, 0) is 56.1 Å². The molecule has 1 unspecified atom stereocenters. The van der Waals surface area contributed by atoms with Crippen LogP contribution in [-0.4, -0.2) is 37.6 Å². The molecule has 2 nitrogen and oxygen atoms in total. The number of likely N-dealkylation sites (tertiary alicyclic amines) is 1. The Hall–Kier alpha value is -0.0800. The van der Waals surface area contributed by atoms with Gasteiger partial charge in [0.25, 0.3) is 0 Å². The Morgan fingerprint density at radius 3 is 2.22 bits per heavy atom. The van der Waals surface area contributed by atoms with Gasteiger partial charge in [-0.2, -0.15) is 0 Å². The van der Waals surface area contributed by atoms with Crippen LogP contribution in [0.5, 0.6) is 0 Å². The Kier molecular flexibility index (Phi) is 4.71. The van der Waals surface area contributed by atoms with Crippen molar-refractivity contribution in [2.75, 3.05) is 32.7 Å². The molecule has 2 aliphatic heterocycles. The second-order valence-corrected chi connectivity index (χ2v) is 7.07. The zero-order valence-electron chi connectivity index (χ0n) is 12.7. The Balaban J connectivity index is 1.82. The molecule has 0 bridgehead atoms. The summed E-state index contributed by atoms with van der Waals surface area (Å²) < 4.78 is 0. The van der Waals surface area contributed by atoms with Crippen LogP contribution in [0, 0.1) is 10.8 Å². The van der Waals surface area contributed by atoms with E-state index in [0.29, 0.717) is 10.8 Å². The Bertz CT molecular complexity index is 242. The molecule has 0 spiro atoms. The van der Waals surface area contributed by atoms with Gasteiger partial charge in [-0.3, -0.25) is 0 Å². The summed E-state index contributed by atoms with van der Waals surface area (Å²) in [6, 6.07) is 0. The Morgan fingerprint density at radius 2 is 1.72 bits per heavy atom. The molecule has 0 aromatic carbocycles. The summed E-state index contributed by atoms with van der Waals surface area (Å²) in [4.78, 5) is 2.73. The molecule has 2 heterocycles. The minimum atomic E-state index is 0.524. The van der Waals surface area contributed by atoms with Gasteiger partial charge in [-0.1, -0.05) is 33.6 Å². The van der Waals surface area contributed by atoms with E-state index in [9.17, 15) is 0 Å². The third-order valence-electron chi connectivity index (χ3n) is 5.71. The van der Waals surface area contributed by atoms with Gasteiger partial charge in [0.1, 0.15) is 0 Å². The normalized spacial score (nSPS) is 33.5. The first-order valence-electron chi connectivity index (χ1n) is 8.04. The molecule has 2 rings (SSSR count). The first kappa shape index (κ1) is 14.3. The van der Waals surface area contributed by atoms with Crippen LogP contribution in [0.15, 0.2) is 0 Å². The second-order valence-electron chi connectivity index (χ2n) is 7.07. The van der Waals surface area contributed by atoms with Crippen molar-refractivity contribution in [3.05, 3.63) is 0 Å². The predicted molar refractivity (Wildman–Crippen MR) is 78.9 cm³/mol. The molecule has 2 heteroatoms. The molecule has 0 saturated carbocycles. The quantitative estimate of drug-likeness (QED) is 0.826. The summed E-state index contributed by atoms with van der Waals surface area (Å²) in [7, 11) is 0. The van der Waals surface area contributed by atoms with E-state index >= 15 is 0 Å². The number of hydrogen-bond acceptors (Lipinski definition) is 2. The van der Waals surface area contributed by atoms with Gasteiger partial charge in [0.15, 0.2) is 0 Å². The van der Waals surface area contributed by atoms with Crippen LogP contribution in [0.3, 0.4) is 0 Å². The third-order valence-corrected chi connectivity index (χ3v) is 5.71. The smallest absolute Gasteiger partial charge is 0.00475 e. The van der Waals surface area contributed by atoms with Gasteiger partial charge in [0.05, 0.1) is 0 Å². The monoisotopic (exact) mass is 252 g/mol. The molecule has 2 fully saturated rings. The lowest BCUT2D eigenvalue weighted by Crippen LogP contribution is -2.49. The van der Waals surface area contributed by atoms with E-state index in [1.807, 2.05) is 0 Å². The average molecular weight is 252 g/mol. The summed E-state index contributed by atoms with van der Waals surface area (Å²) in [6.07, 6.45) is 8.35. The van der Waals surface area contributed by atoms with Crippen molar-refractivity contribution in [3.8, 4) is 0 Å². The fraction of sp³-hybridized carbons (Fsp3) is 1.00. The number of nitrogens with zero attached hydrogens (tertiary/aromatic N) is 1. The second kappa shape index (κ2) is 5.92. The van der Waals surface area contributed by atoms with Crippen molar-refractivity contribution in [1.82, 2.24) is 10.2 Å². The molecule has 106 valence electrons. The van der Waals surface area contributed by atoms with Gasteiger partial charge in [-0.15, -0.1) is 0 Å². The zero-order chi connectivity index (χ0) is 13.1. The van der Waals surface area contributed by atoms with E-state index in [1.165, 1.54) is 71.2 Å². The van der Waals surface area contributed by atoms with Crippen molar-refractivity contribution in [1.29, 1.82) is 0 Å². The fourth-order valence-corrected chi connectivity index (χ4v) is 3.94. The lowest BCUT2D eigenvalue weighted by molar-refractivity contribution is 0.0562.